The van der Waals surface area contributed by atoms with Crippen LogP contribution in [0.3, 0.4) is 0 Å². The van der Waals surface area contributed by atoms with Gasteiger partial charge in [-0.15, -0.1) is 0 Å². The van der Waals surface area contributed by atoms with E-state index in [-0.39, 0.29) is 30.1 Å². The number of alkyl carbamates (subject to hydrolysis) is 1. The van der Waals surface area contributed by atoms with Crippen LogP contribution in [0.15, 0.2) is 48.5 Å². The Morgan fingerprint density at radius 1 is 1.07 bits per heavy atom. The summed E-state index contributed by atoms with van der Waals surface area (Å²) in [6.45, 7) is 0.672. The number of ether oxygens (including phenoxy) is 2. The van der Waals surface area contributed by atoms with Crippen molar-refractivity contribution in [2.45, 2.75) is 43.3 Å². The number of carbonyl (C=O) groups excluding carboxylic acids is 1. The second-order valence-corrected chi connectivity index (χ2v) is 8.61. The van der Waals surface area contributed by atoms with E-state index in [9.17, 15) is 9.59 Å². The Hall–Kier alpha value is -2.86. The molecule has 0 radical (unpaired) electrons. The number of hydrogen-bond donors (Lipinski definition) is 2. The molecule has 2 N–H and O–H groups in total. The number of benzene rings is 2. The van der Waals surface area contributed by atoms with Crippen molar-refractivity contribution in [3.63, 3.8) is 0 Å². The molecule has 2 aromatic rings. The monoisotopic (exact) mass is 407 g/mol. The molecule has 6 heteroatoms. The third-order valence-corrected chi connectivity index (χ3v) is 6.74. The van der Waals surface area contributed by atoms with E-state index >= 15 is 0 Å². The first-order chi connectivity index (χ1) is 14.5. The number of rotatable bonds is 5. The minimum atomic E-state index is -0.746. The Labute approximate surface area is 175 Å². The Kier molecular flexibility index (Phi) is 4.74. The van der Waals surface area contributed by atoms with Gasteiger partial charge in [0.2, 0.25) is 0 Å². The summed E-state index contributed by atoms with van der Waals surface area (Å²) in [6.07, 6.45) is 2.30. The van der Waals surface area contributed by atoms with E-state index < -0.39 is 12.1 Å². The van der Waals surface area contributed by atoms with Gasteiger partial charge in [0.1, 0.15) is 6.61 Å². The Balaban J connectivity index is 1.13. The van der Waals surface area contributed by atoms with Crippen LogP contribution in [0.1, 0.15) is 42.7 Å². The molecule has 1 amide bonds. The number of aliphatic carboxylic acids is 1. The van der Waals surface area contributed by atoms with Crippen molar-refractivity contribution in [2.24, 2.45) is 5.92 Å². The van der Waals surface area contributed by atoms with Gasteiger partial charge in [-0.25, -0.2) is 4.79 Å². The molecule has 0 aromatic heterocycles. The molecule has 1 unspecified atom stereocenters. The molecule has 5 rings (SSSR count). The highest BCUT2D eigenvalue weighted by atomic mass is 16.6. The van der Waals surface area contributed by atoms with Gasteiger partial charge in [0.25, 0.3) is 0 Å². The molecule has 156 valence electrons. The van der Waals surface area contributed by atoms with E-state index in [0.717, 1.165) is 12.8 Å². The Morgan fingerprint density at radius 2 is 1.70 bits per heavy atom. The van der Waals surface area contributed by atoms with Crippen molar-refractivity contribution < 1.29 is 24.2 Å². The largest absolute Gasteiger partial charge is 0.481 e. The number of carboxylic acid groups (broad SMARTS) is 1. The summed E-state index contributed by atoms with van der Waals surface area (Å²) < 4.78 is 11.6. The fraction of sp³-hybridized carbons (Fsp3) is 0.417. The van der Waals surface area contributed by atoms with Crippen molar-refractivity contribution >= 4 is 12.1 Å². The zero-order valence-corrected chi connectivity index (χ0v) is 16.7. The minimum absolute atomic E-state index is 0.0390. The van der Waals surface area contributed by atoms with Gasteiger partial charge in [-0.05, 0) is 47.9 Å². The van der Waals surface area contributed by atoms with Crippen LogP contribution in [0.4, 0.5) is 4.79 Å². The van der Waals surface area contributed by atoms with E-state index in [1.165, 1.54) is 22.3 Å². The fourth-order valence-electron chi connectivity index (χ4n) is 5.20. The number of carbonyl (C=O) groups is 2. The average Bonchev–Trinajstić information content (AvgIpc) is 3.30. The van der Waals surface area contributed by atoms with Crippen LogP contribution >= 0.6 is 0 Å². The van der Waals surface area contributed by atoms with Gasteiger partial charge in [-0.2, -0.15) is 0 Å². The molecule has 2 fully saturated rings. The first-order valence-corrected chi connectivity index (χ1v) is 10.5. The second-order valence-electron chi connectivity index (χ2n) is 8.61. The van der Waals surface area contributed by atoms with Crippen LogP contribution in [0.5, 0.6) is 0 Å². The summed E-state index contributed by atoms with van der Waals surface area (Å²) in [5.41, 5.74) is 4.48. The summed E-state index contributed by atoms with van der Waals surface area (Å²) in [5, 5.41) is 11.9. The maximum Gasteiger partial charge on any atom is 0.407 e. The van der Waals surface area contributed by atoms with Crippen LogP contribution in [0, 0.1) is 5.92 Å². The number of nitrogens with one attached hydrogen (secondary N) is 1. The molecule has 1 spiro atoms. The minimum Gasteiger partial charge on any atom is -0.481 e. The molecular formula is C24H25NO5. The van der Waals surface area contributed by atoms with Crippen molar-refractivity contribution in [1.29, 1.82) is 0 Å². The van der Waals surface area contributed by atoms with Gasteiger partial charge >= 0.3 is 12.1 Å². The summed E-state index contributed by atoms with van der Waals surface area (Å²) in [6, 6.07) is 16.5. The van der Waals surface area contributed by atoms with E-state index in [4.69, 9.17) is 14.6 Å². The molecule has 1 saturated heterocycles. The Morgan fingerprint density at radius 3 is 2.33 bits per heavy atom. The standard InChI is InChI=1S/C24H25NO5/c26-22(27)15-11-24(12-15)10-9-16(30-24)13-25-23(28)29-14-21-19-7-3-1-5-17(19)18-6-2-4-8-20(18)21/h1-8,15-16,21H,9-14H2,(H,25,28)(H,26,27). The van der Waals surface area contributed by atoms with Gasteiger partial charge < -0.3 is 19.9 Å². The van der Waals surface area contributed by atoms with Crippen molar-refractivity contribution in [2.75, 3.05) is 13.2 Å². The Bertz CT molecular complexity index is 936. The van der Waals surface area contributed by atoms with E-state index in [0.29, 0.717) is 19.4 Å². The topological polar surface area (TPSA) is 84.9 Å². The molecule has 1 saturated carbocycles. The number of carboxylic acids is 1. The van der Waals surface area contributed by atoms with Gasteiger partial charge in [-0.3, -0.25) is 4.79 Å². The van der Waals surface area contributed by atoms with Crippen molar-refractivity contribution in [3.8, 4) is 11.1 Å². The molecule has 2 aliphatic carbocycles. The molecule has 1 atom stereocenters. The number of amides is 1. The van der Waals surface area contributed by atoms with Crippen LogP contribution < -0.4 is 5.32 Å². The molecule has 6 nitrogen and oxygen atoms in total. The van der Waals surface area contributed by atoms with Crippen molar-refractivity contribution in [3.05, 3.63) is 59.7 Å². The second kappa shape index (κ2) is 7.43. The average molecular weight is 407 g/mol. The maximum atomic E-state index is 12.3. The molecule has 1 heterocycles. The summed E-state index contributed by atoms with van der Waals surface area (Å²) in [4.78, 5) is 23.3. The lowest BCUT2D eigenvalue weighted by Crippen LogP contribution is -2.47. The SMILES string of the molecule is O=C(NCC1CCC2(CC(C(=O)O)C2)O1)OCC1c2ccccc2-c2ccccc21. The van der Waals surface area contributed by atoms with Crippen molar-refractivity contribution in [1.82, 2.24) is 5.32 Å². The highest BCUT2D eigenvalue weighted by Crippen LogP contribution is 2.49. The number of fused-ring (bicyclic) bond motifs is 3. The lowest BCUT2D eigenvalue weighted by Gasteiger charge is -2.42. The predicted octanol–water partition coefficient (Wildman–Crippen LogP) is 3.94. The molecule has 30 heavy (non-hydrogen) atoms. The van der Waals surface area contributed by atoms with Gasteiger partial charge in [0.05, 0.1) is 17.6 Å². The summed E-state index contributed by atoms with van der Waals surface area (Å²) >= 11 is 0. The first kappa shape index (κ1) is 19.1. The smallest absolute Gasteiger partial charge is 0.407 e. The molecule has 3 aliphatic rings. The third kappa shape index (κ3) is 3.35. The summed E-state index contributed by atoms with van der Waals surface area (Å²) in [7, 11) is 0. The quantitative estimate of drug-likeness (QED) is 0.784. The molecule has 0 bridgehead atoms. The van der Waals surface area contributed by atoms with Crippen LogP contribution in [-0.4, -0.2) is 42.0 Å². The third-order valence-electron chi connectivity index (χ3n) is 6.74. The molecular weight excluding hydrogens is 382 g/mol. The van der Waals surface area contributed by atoms with Gasteiger partial charge in [-0.1, -0.05) is 48.5 Å². The highest BCUT2D eigenvalue weighted by Gasteiger charge is 2.52. The zero-order valence-electron chi connectivity index (χ0n) is 16.7. The summed E-state index contributed by atoms with van der Waals surface area (Å²) in [5.74, 6) is -1.000. The maximum absolute atomic E-state index is 12.3. The van der Waals surface area contributed by atoms with E-state index in [1.807, 2.05) is 24.3 Å². The van der Waals surface area contributed by atoms with Crippen LogP contribution in [0.25, 0.3) is 11.1 Å². The molecule has 1 aliphatic heterocycles. The van der Waals surface area contributed by atoms with Crippen LogP contribution in [0.2, 0.25) is 0 Å². The first-order valence-electron chi connectivity index (χ1n) is 10.5. The van der Waals surface area contributed by atoms with E-state index in [1.54, 1.807) is 0 Å². The highest BCUT2D eigenvalue weighted by molar-refractivity contribution is 5.79. The van der Waals surface area contributed by atoms with E-state index in [2.05, 4.69) is 29.6 Å². The normalized spacial score (nSPS) is 26.7. The van der Waals surface area contributed by atoms with Gasteiger partial charge in [0.15, 0.2) is 0 Å². The van der Waals surface area contributed by atoms with Gasteiger partial charge in [0, 0.05) is 12.5 Å². The fourth-order valence-corrected chi connectivity index (χ4v) is 5.20. The zero-order chi connectivity index (χ0) is 20.7. The lowest BCUT2D eigenvalue weighted by molar-refractivity contribution is -0.164. The van der Waals surface area contributed by atoms with Crippen LogP contribution in [-0.2, 0) is 14.3 Å². The predicted molar refractivity (Wildman–Crippen MR) is 110 cm³/mol. The number of hydrogen-bond acceptors (Lipinski definition) is 4. The lowest BCUT2D eigenvalue weighted by atomic mass is 9.69. The molecule has 2 aromatic carbocycles.